The van der Waals surface area contributed by atoms with Gasteiger partial charge in [-0.3, -0.25) is 4.98 Å². The fourth-order valence-electron chi connectivity index (χ4n) is 4.51. The van der Waals surface area contributed by atoms with Gasteiger partial charge in [-0.15, -0.1) is 10.2 Å². The van der Waals surface area contributed by atoms with Gasteiger partial charge in [0.05, 0.1) is 11.7 Å². The first-order valence-electron chi connectivity index (χ1n) is 9.68. The molecule has 0 unspecified atom stereocenters. The number of piperidine rings is 1. The van der Waals surface area contributed by atoms with Crippen molar-refractivity contribution in [1.29, 1.82) is 0 Å². The average molecular weight is 397 g/mol. The lowest BCUT2D eigenvalue weighted by Gasteiger charge is -2.36. The molecule has 2 aromatic heterocycles. The summed E-state index contributed by atoms with van der Waals surface area (Å²) in [5.74, 6) is -1.89. The lowest BCUT2D eigenvalue weighted by Crippen LogP contribution is -2.49. The smallest absolute Gasteiger partial charge is 0.264 e. The maximum atomic E-state index is 14.0. The molecule has 2 bridgehead atoms. The molecule has 6 nitrogen and oxygen atoms in total. The van der Waals surface area contributed by atoms with E-state index in [1.54, 1.807) is 24.5 Å². The van der Waals surface area contributed by atoms with Crippen molar-refractivity contribution in [3.8, 4) is 17.0 Å². The van der Waals surface area contributed by atoms with E-state index in [-0.39, 0.29) is 24.3 Å². The summed E-state index contributed by atoms with van der Waals surface area (Å²) in [6, 6.07) is 8.00. The minimum absolute atomic E-state index is 0.0140. The first-order chi connectivity index (χ1) is 13.9. The Morgan fingerprint density at radius 2 is 2.00 bits per heavy atom. The van der Waals surface area contributed by atoms with Gasteiger partial charge in [0.15, 0.2) is 5.82 Å². The second-order valence-electron chi connectivity index (χ2n) is 7.99. The molecular formula is C21H21F2N5O. The normalized spacial score (nSPS) is 25.3. The molecule has 0 saturated carbocycles. The first-order valence-corrected chi connectivity index (χ1v) is 9.68. The van der Waals surface area contributed by atoms with E-state index in [0.717, 1.165) is 10.8 Å². The fraction of sp³-hybridized carbons (Fsp3) is 0.381. The van der Waals surface area contributed by atoms with Crippen LogP contribution in [0, 0.1) is 0 Å². The number of aromatic nitrogens is 3. The summed E-state index contributed by atoms with van der Waals surface area (Å²) in [6.07, 6.45) is 4.35. The highest BCUT2D eigenvalue weighted by Gasteiger charge is 2.53. The predicted molar refractivity (Wildman–Crippen MR) is 106 cm³/mol. The number of phenols is 1. The predicted octanol–water partition coefficient (Wildman–Crippen LogP) is 3.36. The van der Waals surface area contributed by atoms with Crippen molar-refractivity contribution < 1.29 is 13.9 Å². The molecule has 4 heterocycles. The molecular weight excluding hydrogens is 376 g/mol. The number of hydrogen-bond acceptors (Lipinski definition) is 6. The molecule has 150 valence electrons. The van der Waals surface area contributed by atoms with Gasteiger partial charge >= 0.3 is 0 Å². The van der Waals surface area contributed by atoms with Crippen LogP contribution < -0.4 is 10.2 Å². The Balaban J connectivity index is 1.39. The van der Waals surface area contributed by atoms with Crippen LogP contribution in [-0.2, 0) is 0 Å². The molecule has 0 aliphatic carbocycles. The second-order valence-corrected chi connectivity index (χ2v) is 7.99. The van der Waals surface area contributed by atoms with Crippen LogP contribution in [0.15, 0.2) is 42.7 Å². The zero-order valence-electron chi connectivity index (χ0n) is 15.9. The van der Waals surface area contributed by atoms with Crippen molar-refractivity contribution in [2.24, 2.45) is 0 Å². The van der Waals surface area contributed by atoms with E-state index >= 15 is 0 Å². The summed E-state index contributed by atoms with van der Waals surface area (Å²) in [5, 5.41) is 23.8. The third kappa shape index (κ3) is 3.17. The van der Waals surface area contributed by atoms with Crippen LogP contribution in [-0.4, -0.2) is 51.4 Å². The van der Waals surface area contributed by atoms with Crippen LogP contribution in [0.25, 0.3) is 22.0 Å². The lowest BCUT2D eigenvalue weighted by atomic mass is 9.98. The van der Waals surface area contributed by atoms with Gasteiger partial charge in [0.2, 0.25) is 0 Å². The fourth-order valence-corrected chi connectivity index (χ4v) is 4.51. The van der Waals surface area contributed by atoms with Gasteiger partial charge in [-0.1, -0.05) is 0 Å². The molecule has 2 saturated heterocycles. The van der Waals surface area contributed by atoms with Crippen LogP contribution in [0.2, 0.25) is 0 Å². The van der Waals surface area contributed by atoms with Crippen molar-refractivity contribution in [2.45, 2.75) is 43.3 Å². The number of anilines is 1. The van der Waals surface area contributed by atoms with E-state index in [1.807, 2.05) is 30.1 Å². The maximum absolute atomic E-state index is 14.0. The maximum Gasteiger partial charge on any atom is 0.264 e. The topological polar surface area (TPSA) is 74.2 Å². The number of nitrogens with one attached hydrogen (secondary N) is 1. The Hall–Kier alpha value is -2.87. The second kappa shape index (κ2) is 6.59. The number of rotatable bonds is 3. The van der Waals surface area contributed by atoms with Crippen molar-refractivity contribution >= 4 is 16.6 Å². The summed E-state index contributed by atoms with van der Waals surface area (Å²) in [6.45, 7) is 0. The number of aromatic hydroxyl groups is 1. The molecule has 1 aromatic carbocycles. The molecule has 2 aliphatic rings. The largest absolute Gasteiger partial charge is 0.507 e. The van der Waals surface area contributed by atoms with E-state index in [0.29, 0.717) is 29.9 Å². The third-order valence-corrected chi connectivity index (χ3v) is 6.12. The number of benzene rings is 1. The Morgan fingerprint density at radius 1 is 1.14 bits per heavy atom. The SMILES string of the molecule is CN(c1ccc(-c2cc3cnccc3cc2O)nn1)[C@H]1C[C@@H]2CC(F)(F)[C@H](C1)N2. The Kier molecular flexibility index (Phi) is 4.13. The number of hydrogen-bond donors (Lipinski definition) is 2. The number of phenolic OH excluding ortho intramolecular Hbond substituents is 1. The van der Waals surface area contributed by atoms with Crippen LogP contribution in [0.1, 0.15) is 19.3 Å². The summed E-state index contributed by atoms with van der Waals surface area (Å²) >= 11 is 0. The van der Waals surface area contributed by atoms with Crippen molar-refractivity contribution in [2.75, 3.05) is 11.9 Å². The molecule has 2 aliphatic heterocycles. The minimum atomic E-state index is -2.64. The van der Waals surface area contributed by atoms with E-state index in [4.69, 9.17) is 0 Å². The Bertz CT molecular complexity index is 1060. The van der Waals surface area contributed by atoms with E-state index < -0.39 is 12.0 Å². The standard InChI is InChI=1S/C21H21F2N5O/c1-28(15-8-14-10-21(22,23)19(9-15)25-14)20-3-2-17(26-27-20)16-6-13-11-24-5-4-12(13)7-18(16)29/h2-7,11,14-15,19,25,29H,8-10H2,1H3/t14-,15+,19+/m1/s1. The highest BCUT2D eigenvalue weighted by Crippen LogP contribution is 2.41. The van der Waals surface area contributed by atoms with E-state index in [9.17, 15) is 13.9 Å². The van der Waals surface area contributed by atoms with Crippen LogP contribution >= 0.6 is 0 Å². The number of halogens is 2. The van der Waals surface area contributed by atoms with Crippen LogP contribution in [0.4, 0.5) is 14.6 Å². The van der Waals surface area contributed by atoms with Gasteiger partial charge in [-0.05, 0) is 48.6 Å². The van der Waals surface area contributed by atoms with Gasteiger partial charge in [0.25, 0.3) is 5.92 Å². The summed E-state index contributed by atoms with van der Waals surface area (Å²) < 4.78 is 28.0. The van der Waals surface area contributed by atoms with E-state index in [2.05, 4.69) is 20.5 Å². The molecule has 5 rings (SSSR count). The molecule has 0 amide bonds. The summed E-state index contributed by atoms with van der Waals surface area (Å²) in [7, 11) is 1.87. The molecule has 0 radical (unpaired) electrons. The number of nitrogens with zero attached hydrogens (tertiary/aromatic N) is 4. The third-order valence-electron chi connectivity index (χ3n) is 6.12. The van der Waals surface area contributed by atoms with Gasteiger partial charge in [-0.2, -0.15) is 0 Å². The molecule has 2 fully saturated rings. The lowest BCUT2D eigenvalue weighted by molar-refractivity contribution is -0.0128. The number of fused-ring (bicyclic) bond motifs is 3. The highest BCUT2D eigenvalue weighted by atomic mass is 19.3. The van der Waals surface area contributed by atoms with Gasteiger partial charge in [0, 0.05) is 48.9 Å². The Labute approximate surface area is 166 Å². The molecule has 29 heavy (non-hydrogen) atoms. The van der Waals surface area contributed by atoms with Crippen molar-refractivity contribution in [3.63, 3.8) is 0 Å². The minimum Gasteiger partial charge on any atom is -0.507 e. The quantitative estimate of drug-likeness (QED) is 0.706. The van der Waals surface area contributed by atoms with Gasteiger partial charge < -0.3 is 15.3 Å². The molecule has 0 spiro atoms. The summed E-state index contributed by atoms with van der Waals surface area (Å²) in [4.78, 5) is 6.04. The Morgan fingerprint density at radius 3 is 2.76 bits per heavy atom. The first kappa shape index (κ1) is 18.2. The number of pyridine rings is 1. The highest BCUT2D eigenvalue weighted by molar-refractivity contribution is 5.89. The summed E-state index contributed by atoms with van der Waals surface area (Å²) in [5.41, 5.74) is 1.12. The van der Waals surface area contributed by atoms with Crippen LogP contribution in [0.3, 0.4) is 0 Å². The average Bonchev–Trinajstić information content (AvgIpc) is 2.93. The number of alkyl halides is 2. The zero-order valence-corrected chi connectivity index (χ0v) is 15.9. The molecule has 3 atom stereocenters. The molecule has 8 heteroatoms. The monoisotopic (exact) mass is 397 g/mol. The molecule has 2 N–H and O–H groups in total. The van der Waals surface area contributed by atoms with Crippen molar-refractivity contribution in [1.82, 2.24) is 20.5 Å². The van der Waals surface area contributed by atoms with Crippen molar-refractivity contribution in [3.05, 3.63) is 42.7 Å². The van der Waals surface area contributed by atoms with E-state index in [1.165, 1.54) is 0 Å². The van der Waals surface area contributed by atoms with Gasteiger partial charge in [0.1, 0.15) is 5.75 Å². The van der Waals surface area contributed by atoms with Gasteiger partial charge in [-0.25, -0.2) is 8.78 Å². The molecule has 3 aromatic rings. The van der Waals surface area contributed by atoms with Crippen LogP contribution in [0.5, 0.6) is 5.75 Å². The zero-order chi connectivity index (χ0) is 20.2.